The van der Waals surface area contributed by atoms with Crippen molar-refractivity contribution >= 4 is 33.3 Å². The molecular weight excluding hydrogens is 256 g/mol. The quantitative estimate of drug-likeness (QED) is 0.933. The highest BCUT2D eigenvalue weighted by atomic mass is 32.1. The molecule has 0 saturated carbocycles. The highest BCUT2D eigenvalue weighted by molar-refractivity contribution is 7.16. The average Bonchev–Trinajstić information content (AvgIpc) is 3.05. The van der Waals surface area contributed by atoms with Gasteiger partial charge in [0.15, 0.2) is 0 Å². The van der Waals surface area contributed by atoms with Crippen LogP contribution in [0, 0.1) is 5.92 Å². The smallest absolute Gasteiger partial charge is 0.225 e. The van der Waals surface area contributed by atoms with Crippen molar-refractivity contribution < 1.29 is 0 Å². The van der Waals surface area contributed by atoms with E-state index in [9.17, 15) is 0 Å². The topological polar surface area (TPSA) is 41.1 Å². The van der Waals surface area contributed by atoms with E-state index in [4.69, 9.17) is 4.98 Å². The molecule has 0 aliphatic carbocycles. The fourth-order valence-corrected chi connectivity index (χ4v) is 3.68. The van der Waals surface area contributed by atoms with Crippen LogP contribution in [0.3, 0.4) is 0 Å². The first-order valence-corrected chi connectivity index (χ1v) is 7.78. The molecule has 5 heteroatoms. The third-order valence-electron chi connectivity index (χ3n) is 3.87. The van der Waals surface area contributed by atoms with E-state index in [1.165, 1.54) is 18.2 Å². The molecule has 0 radical (unpaired) electrons. The van der Waals surface area contributed by atoms with Crippen molar-refractivity contribution in [3.63, 3.8) is 0 Å². The van der Waals surface area contributed by atoms with Crippen LogP contribution >= 0.6 is 11.3 Å². The lowest BCUT2D eigenvalue weighted by Crippen LogP contribution is -2.34. The van der Waals surface area contributed by atoms with Gasteiger partial charge in [0.1, 0.15) is 10.6 Å². The first-order valence-electron chi connectivity index (χ1n) is 6.90. The third kappa shape index (κ3) is 2.16. The first kappa shape index (κ1) is 12.7. The number of nitrogens with zero attached hydrogens (tertiary/aromatic N) is 3. The summed E-state index contributed by atoms with van der Waals surface area (Å²) < 4.78 is 0. The van der Waals surface area contributed by atoms with Gasteiger partial charge < -0.3 is 10.2 Å². The summed E-state index contributed by atoms with van der Waals surface area (Å²) in [5.74, 6) is 2.48. The molecular formula is C14H20N4S. The third-order valence-corrected chi connectivity index (χ3v) is 4.68. The number of fused-ring (bicyclic) bond motifs is 1. The lowest BCUT2D eigenvalue weighted by atomic mass is 10.0. The predicted octanol–water partition coefficient (Wildman–Crippen LogP) is 3.36. The minimum atomic E-state index is 0.600. The Morgan fingerprint density at radius 3 is 3.00 bits per heavy atom. The Bertz CT molecular complexity index is 578. The second-order valence-electron chi connectivity index (χ2n) is 5.41. The number of thiophene rings is 1. The van der Waals surface area contributed by atoms with Gasteiger partial charge in [-0.25, -0.2) is 4.98 Å². The largest absolute Gasteiger partial charge is 0.357 e. The monoisotopic (exact) mass is 276 g/mol. The van der Waals surface area contributed by atoms with Crippen LogP contribution in [-0.2, 0) is 0 Å². The van der Waals surface area contributed by atoms with Crippen LogP contribution in [0.4, 0.5) is 11.8 Å². The molecule has 1 aliphatic heterocycles. The molecule has 4 nitrogen and oxygen atoms in total. The zero-order valence-electron chi connectivity index (χ0n) is 11.7. The van der Waals surface area contributed by atoms with Gasteiger partial charge in [-0.15, -0.1) is 11.3 Å². The van der Waals surface area contributed by atoms with E-state index >= 15 is 0 Å². The number of aromatic nitrogens is 2. The second-order valence-corrected chi connectivity index (χ2v) is 6.30. The molecule has 2 aromatic heterocycles. The molecule has 0 spiro atoms. The second kappa shape index (κ2) is 4.96. The summed E-state index contributed by atoms with van der Waals surface area (Å²) in [6.07, 6.45) is 2.52. The number of nitrogens with one attached hydrogen (secondary N) is 1. The Balaban J connectivity index is 2.10. The fourth-order valence-electron chi connectivity index (χ4n) is 2.92. The summed E-state index contributed by atoms with van der Waals surface area (Å²) in [7, 11) is 1.88. The fraction of sp³-hybridized carbons (Fsp3) is 0.571. The Morgan fingerprint density at radius 2 is 2.26 bits per heavy atom. The summed E-state index contributed by atoms with van der Waals surface area (Å²) in [5.41, 5.74) is 0. The van der Waals surface area contributed by atoms with Gasteiger partial charge in [0.25, 0.3) is 0 Å². The molecule has 0 amide bonds. The Labute approximate surface area is 117 Å². The van der Waals surface area contributed by atoms with Crippen molar-refractivity contribution in [1.82, 2.24) is 9.97 Å². The minimum absolute atomic E-state index is 0.600. The first-order chi connectivity index (χ1) is 9.20. The molecule has 1 saturated heterocycles. The van der Waals surface area contributed by atoms with Crippen LogP contribution in [0.15, 0.2) is 11.4 Å². The van der Waals surface area contributed by atoms with Crippen molar-refractivity contribution in [2.75, 3.05) is 23.8 Å². The maximum Gasteiger partial charge on any atom is 0.225 e. The number of hydrogen-bond donors (Lipinski definition) is 1. The van der Waals surface area contributed by atoms with Crippen molar-refractivity contribution in [2.45, 2.75) is 32.7 Å². The van der Waals surface area contributed by atoms with Crippen LogP contribution in [0.25, 0.3) is 10.2 Å². The van der Waals surface area contributed by atoms with E-state index in [0.717, 1.165) is 23.1 Å². The van der Waals surface area contributed by atoms with Gasteiger partial charge in [-0.05, 0) is 30.2 Å². The highest BCUT2D eigenvalue weighted by Crippen LogP contribution is 2.35. The summed E-state index contributed by atoms with van der Waals surface area (Å²) >= 11 is 1.68. The molecule has 102 valence electrons. The van der Waals surface area contributed by atoms with E-state index in [1.807, 2.05) is 7.05 Å². The number of hydrogen-bond acceptors (Lipinski definition) is 5. The molecule has 1 fully saturated rings. The molecule has 1 atom stereocenters. The molecule has 0 aromatic carbocycles. The molecule has 19 heavy (non-hydrogen) atoms. The molecule has 1 aliphatic rings. The molecule has 3 heterocycles. The molecule has 3 rings (SSSR count). The Kier molecular flexibility index (Phi) is 3.31. The molecule has 1 unspecified atom stereocenters. The summed E-state index contributed by atoms with van der Waals surface area (Å²) in [6, 6.07) is 2.74. The van der Waals surface area contributed by atoms with E-state index in [0.29, 0.717) is 12.0 Å². The summed E-state index contributed by atoms with van der Waals surface area (Å²) in [6.45, 7) is 5.70. The standard InChI is InChI=1S/C14H20N4S/c1-9(2)11-5-4-7-18(11)12-10-6-8-19-13(10)17-14(15-3)16-12/h6,8-9,11H,4-5,7H2,1-3H3,(H,15,16,17). The zero-order valence-corrected chi connectivity index (χ0v) is 12.5. The minimum Gasteiger partial charge on any atom is -0.357 e. The van der Waals surface area contributed by atoms with Gasteiger partial charge in [0.2, 0.25) is 5.95 Å². The van der Waals surface area contributed by atoms with Crippen LogP contribution in [-0.4, -0.2) is 29.6 Å². The Hall–Kier alpha value is -1.36. The van der Waals surface area contributed by atoms with Gasteiger partial charge in [-0.2, -0.15) is 4.98 Å². The Morgan fingerprint density at radius 1 is 1.42 bits per heavy atom. The lowest BCUT2D eigenvalue weighted by Gasteiger charge is -2.29. The van der Waals surface area contributed by atoms with E-state index < -0.39 is 0 Å². The normalized spacial score (nSPS) is 19.6. The van der Waals surface area contributed by atoms with Crippen molar-refractivity contribution in [3.05, 3.63) is 11.4 Å². The van der Waals surface area contributed by atoms with Crippen molar-refractivity contribution in [2.24, 2.45) is 5.92 Å². The van der Waals surface area contributed by atoms with Gasteiger partial charge in [0, 0.05) is 19.6 Å². The van der Waals surface area contributed by atoms with Gasteiger partial charge in [-0.1, -0.05) is 13.8 Å². The van der Waals surface area contributed by atoms with Crippen LogP contribution in [0.2, 0.25) is 0 Å². The summed E-state index contributed by atoms with van der Waals surface area (Å²) in [4.78, 5) is 12.8. The van der Waals surface area contributed by atoms with Crippen molar-refractivity contribution in [1.29, 1.82) is 0 Å². The zero-order chi connectivity index (χ0) is 13.4. The van der Waals surface area contributed by atoms with E-state index in [1.54, 1.807) is 11.3 Å². The average molecular weight is 276 g/mol. The SMILES string of the molecule is CNc1nc(N2CCCC2C(C)C)c2ccsc2n1. The number of rotatable bonds is 3. The van der Waals surface area contributed by atoms with Gasteiger partial charge >= 0.3 is 0 Å². The molecule has 0 bridgehead atoms. The van der Waals surface area contributed by atoms with Gasteiger partial charge in [0.05, 0.1) is 5.39 Å². The van der Waals surface area contributed by atoms with E-state index in [2.05, 4.69) is 40.5 Å². The predicted molar refractivity (Wildman–Crippen MR) is 82.2 cm³/mol. The van der Waals surface area contributed by atoms with Gasteiger partial charge in [-0.3, -0.25) is 0 Å². The summed E-state index contributed by atoms with van der Waals surface area (Å²) in [5, 5.41) is 6.37. The number of anilines is 2. The van der Waals surface area contributed by atoms with Crippen molar-refractivity contribution in [3.8, 4) is 0 Å². The maximum absolute atomic E-state index is 4.72. The van der Waals surface area contributed by atoms with Crippen LogP contribution in [0.1, 0.15) is 26.7 Å². The van der Waals surface area contributed by atoms with E-state index in [-0.39, 0.29) is 0 Å². The molecule has 1 N–H and O–H groups in total. The maximum atomic E-state index is 4.72. The highest BCUT2D eigenvalue weighted by Gasteiger charge is 2.29. The molecule has 2 aromatic rings. The lowest BCUT2D eigenvalue weighted by molar-refractivity contribution is 0.490. The van der Waals surface area contributed by atoms with Crippen LogP contribution < -0.4 is 10.2 Å². The van der Waals surface area contributed by atoms with Crippen LogP contribution in [0.5, 0.6) is 0 Å².